The summed E-state index contributed by atoms with van der Waals surface area (Å²) < 4.78 is 0. The first-order valence-corrected chi connectivity index (χ1v) is 5.91. The zero-order valence-electron chi connectivity index (χ0n) is 10.4. The highest BCUT2D eigenvalue weighted by atomic mass is 14.6. The summed E-state index contributed by atoms with van der Waals surface area (Å²) in [5, 5.41) is 0. The molecule has 1 rings (SSSR count). The van der Waals surface area contributed by atoms with Crippen LogP contribution in [0.5, 0.6) is 0 Å². The van der Waals surface area contributed by atoms with E-state index in [-0.39, 0.29) is 6.04 Å². The van der Waals surface area contributed by atoms with Gasteiger partial charge in [-0.15, -0.1) is 0 Å². The van der Waals surface area contributed by atoms with Crippen molar-refractivity contribution in [3.63, 3.8) is 0 Å². The SMILES string of the molecule is CCc1ccc(C(C)C)cc1CC(C)N. The highest BCUT2D eigenvalue weighted by molar-refractivity contribution is 5.34. The van der Waals surface area contributed by atoms with Crippen molar-refractivity contribution in [2.45, 2.75) is 52.5 Å². The summed E-state index contributed by atoms with van der Waals surface area (Å²) in [4.78, 5) is 0. The Bertz CT molecular complexity index is 313. The van der Waals surface area contributed by atoms with Crippen molar-refractivity contribution in [1.29, 1.82) is 0 Å². The molecule has 0 heterocycles. The summed E-state index contributed by atoms with van der Waals surface area (Å²) in [5.41, 5.74) is 10.2. The minimum atomic E-state index is 0.248. The number of hydrogen-bond donors (Lipinski definition) is 1. The highest BCUT2D eigenvalue weighted by Crippen LogP contribution is 2.20. The van der Waals surface area contributed by atoms with E-state index in [1.54, 1.807) is 0 Å². The average molecular weight is 205 g/mol. The van der Waals surface area contributed by atoms with E-state index < -0.39 is 0 Å². The molecule has 0 aliphatic heterocycles. The summed E-state index contributed by atoms with van der Waals surface area (Å²) in [5.74, 6) is 0.600. The van der Waals surface area contributed by atoms with Gasteiger partial charge in [-0.1, -0.05) is 39.0 Å². The largest absolute Gasteiger partial charge is 0.328 e. The van der Waals surface area contributed by atoms with Crippen LogP contribution in [0, 0.1) is 0 Å². The van der Waals surface area contributed by atoms with Gasteiger partial charge in [0, 0.05) is 6.04 Å². The van der Waals surface area contributed by atoms with Crippen LogP contribution in [0.1, 0.15) is 50.3 Å². The molecule has 1 aromatic rings. The number of aryl methyl sites for hydroxylation is 1. The third-order valence-corrected chi connectivity index (χ3v) is 2.82. The van der Waals surface area contributed by atoms with Gasteiger partial charge < -0.3 is 5.73 Å². The molecular weight excluding hydrogens is 182 g/mol. The lowest BCUT2D eigenvalue weighted by Crippen LogP contribution is -2.18. The molecule has 0 aliphatic rings. The van der Waals surface area contributed by atoms with Crippen molar-refractivity contribution in [1.82, 2.24) is 0 Å². The fourth-order valence-corrected chi connectivity index (χ4v) is 1.89. The standard InChI is InChI=1S/C14H23N/c1-5-12-6-7-13(10(2)3)9-14(12)8-11(4)15/h6-7,9-11H,5,8,15H2,1-4H3. The first-order valence-electron chi connectivity index (χ1n) is 5.91. The van der Waals surface area contributed by atoms with Crippen LogP contribution in [0.3, 0.4) is 0 Å². The van der Waals surface area contributed by atoms with Gasteiger partial charge in [-0.3, -0.25) is 0 Å². The zero-order valence-corrected chi connectivity index (χ0v) is 10.4. The van der Waals surface area contributed by atoms with Gasteiger partial charge in [-0.05, 0) is 42.4 Å². The fraction of sp³-hybridized carbons (Fsp3) is 0.571. The van der Waals surface area contributed by atoms with Gasteiger partial charge in [0.25, 0.3) is 0 Å². The van der Waals surface area contributed by atoms with Crippen LogP contribution in [0.4, 0.5) is 0 Å². The molecule has 1 unspecified atom stereocenters. The lowest BCUT2D eigenvalue weighted by molar-refractivity contribution is 0.728. The Kier molecular flexibility index (Phi) is 4.34. The van der Waals surface area contributed by atoms with Gasteiger partial charge in [0.2, 0.25) is 0 Å². The topological polar surface area (TPSA) is 26.0 Å². The summed E-state index contributed by atoms with van der Waals surface area (Å²) in [6.07, 6.45) is 2.09. The Morgan fingerprint density at radius 1 is 1.13 bits per heavy atom. The lowest BCUT2D eigenvalue weighted by atomic mass is 9.93. The lowest BCUT2D eigenvalue weighted by Gasteiger charge is -2.14. The van der Waals surface area contributed by atoms with E-state index in [1.165, 1.54) is 16.7 Å². The fourth-order valence-electron chi connectivity index (χ4n) is 1.89. The number of rotatable bonds is 4. The quantitative estimate of drug-likeness (QED) is 0.802. The van der Waals surface area contributed by atoms with E-state index in [0.717, 1.165) is 12.8 Å². The molecular formula is C14H23N. The maximum Gasteiger partial charge on any atom is 0.00510 e. The Morgan fingerprint density at radius 3 is 2.27 bits per heavy atom. The molecule has 0 amide bonds. The van der Waals surface area contributed by atoms with Gasteiger partial charge in [-0.2, -0.15) is 0 Å². The average Bonchev–Trinajstić information content (AvgIpc) is 2.16. The van der Waals surface area contributed by atoms with Crippen molar-refractivity contribution in [3.8, 4) is 0 Å². The molecule has 2 N–H and O–H groups in total. The van der Waals surface area contributed by atoms with E-state index in [4.69, 9.17) is 5.73 Å². The smallest absolute Gasteiger partial charge is 0.00510 e. The van der Waals surface area contributed by atoms with Crippen LogP contribution in [0.25, 0.3) is 0 Å². The Balaban J connectivity index is 3.02. The van der Waals surface area contributed by atoms with Gasteiger partial charge in [0.15, 0.2) is 0 Å². The molecule has 1 heteroatoms. The molecule has 84 valence electrons. The Morgan fingerprint density at radius 2 is 1.80 bits per heavy atom. The van der Waals surface area contributed by atoms with Crippen molar-refractivity contribution < 1.29 is 0 Å². The van der Waals surface area contributed by atoms with Crippen LogP contribution >= 0.6 is 0 Å². The highest BCUT2D eigenvalue weighted by Gasteiger charge is 2.06. The molecule has 15 heavy (non-hydrogen) atoms. The van der Waals surface area contributed by atoms with E-state index >= 15 is 0 Å². The molecule has 1 atom stereocenters. The summed E-state index contributed by atoms with van der Waals surface area (Å²) in [7, 11) is 0. The Hall–Kier alpha value is -0.820. The molecule has 0 spiro atoms. The van der Waals surface area contributed by atoms with Crippen molar-refractivity contribution in [2.24, 2.45) is 5.73 Å². The van der Waals surface area contributed by atoms with Crippen molar-refractivity contribution >= 4 is 0 Å². The van der Waals surface area contributed by atoms with Gasteiger partial charge >= 0.3 is 0 Å². The predicted octanol–water partition coefficient (Wildman–Crippen LogP) is 3.26. The number of nitrogens with two attached hydrogens (primary N) is 1. The minimum Gasteiger partial charge on any atom is -0.328 e. The molecule has 1 aromatic carbocycles. The molecule has 0 saturated heterocycles. The van der Waals surface area contributed by atoms with Crippen LogP contribution in [0.2, 0.25) is 0 Å². The van der Waals surface area contributed by atoms with E-state index in [2.05, 4.69) is 45.9 Å². The Labute approximate surface area is 93.7 Å². The molecule has 0 bridgehead atoms. The monoisotopic (exact) mass is 205 g/mol. The van der Waals surface area contributed by atoms with Gasteiger partial charge in [0.05, 0.1) is 0 Å². The third-order valence-electron chi connectivity index (χ3n) is 2.82. The molecule has 1 nitrogen and oxygen atoms in total. The summed E-state index contributed by atoms with van der Waals surface area (Å²) in [6, 6.07) is 7.08. The second-order valence-electron chi connectivity index (χ2n) is 4.72. The molecule has 0 fully saturated rings. The maximum atomic E-state index is 5.87. The first-order chi connectivity index (χ1) is 7.04. The van der Waals surface area contributed by atoms with Crippen LogP contribution in [-0.2, 0) is 12.8 Å². The second kappa shape index (κ2) is 5.32. The molecule has 0 radical (unpaired) electrons. The number of hydrogen-bond acceptors (Lipinski definition) is 1. The van der Waals surface area contributed by atoms with E-state index in [9.17, 15) is 0 Å². The summed E-state index contributed by atoms with van der Waals surface area (Å²) in [6.45, 7) is 8.74. The molecule has 0 aliphatic carbocycles. The van der Waals surface area contributed by atoms with Gasteiger partial charge in [-0.25, -0.2) is 0 Å². The zero-order chi connectivity index (χ0) is 11.4. The first kappa shape index (κ1) is 12.3. The third kappa shape index (κ3) is 3.35. The van der Waals surface area contributed by atoms with Crippen LogP contribution in [-0.4, -0.2) is 6.04 Å². The minimum absolute atomic E-state index is 0.248. The maximum absolute atomic E-state index is 5.87. The molecule has 0 saturated carbocycles. The number of benzene rings is 1. The predicted molar refractivity (Wildman–Crippen MR) is 67.3 cm³/mol. The summed E-state index contributed by atoms with van der Waals surface area (Å²) >= 11 is 0. The molecule has 0 aromatic heterocycles. The van der Waals surface area contributed by atoms with Gasteiger partial charge in [0.1, 0.15) is 0 Å². The van der Waals surface area contributed by atoms with E-state index in [1.807, 2.05) is 0 Å². The second-order valence-corrected chi connectivity index (χ2v) is 4.72. The van der Waals surface area contributed by atoms with Crippen LogP contribution < -0.4 is 5.73 Å². The van der Waals surface area contributed by atoms with E-state index in [0.29, 0.717) is 5.92 Å². The normalized spacial score (nSPS) is 13.2. The van der Waals surface area contributed by atoms with Crippen molar-refractivity contribution in [2.75, 3.05) is 0 Å². The van der Waals surface area contributed by atoms with Crippen LogP contribution in [0.15, 0.2) is 18.2 Å². The van der Waals surface area contributed by atoms with Crippen molar-refractivity contribution in [3.05, 3.63) is 34.9 Å².